The second kappa shape index (κ2) is 2.81. The van der Waals surface area contributed by atoms with Gasteiger partial charge >= 0.3 is 0 Å². The molecule has 0 saturated heterocycles. The van der Waals surface area contributed by atoms with E-state index in [0.717, 1.165) is 4.70 Å². The molecule has 0 aliphatic heterocycles. The monoisotopic (exact) mass is 195 g/mol. The van der Waals surface area contributed by atoms with Crippen molar-refractivity contribution in [1.29, 1.82) is 0 Å². The van der Waals surface area contributed by atoms with Gasteiger partial charge in [-0.2, -0.15) is 0 Å². The van der Waals surface area contributed by atoms with Gasteiger partial charge in [-0.1, -0.05) is 0 Å². The first-order valence-corrected chi connectivity index (χ1v) is 4.46. The second-order valence-corrected chi connectivity index (χ2v) is 3.76. The van der Waals surface area contributed by atoms with E-state index < -0.39 is 5.82 Å². The molecule has 1 aromatic carbocycles. The van der Waals surface area contributed by atoms with Gasteiger partial charge in [0, 0.05) is 10.3 Å². The van der Waals surface area contributed by atoms with Gasteiger partial charge in [0.15, 0.2) is 6.29 Å². The fraction of sp³-hybridized carbons (Fsp3) is 0. The molecular formula is C9H6FNOS. The molecule has 1 aromatic heterocycles. The molecule has 0 saturated carbocycles. The van der Waals surface area contributed by atoms with Gasteiger partial charge < -0.3 is 5.73 Å². The number of carbonyl (C=O) groups is 1. The number of aldehydes is 1. The van der Waals surface area contributed by atoms with Gasteiger partial charge in [-0.05, 0) is 23.6 Å². The van der Waals surface area contributed by atoms with Crippen LogP contribution in [0.1, 0.15) is 10.4 Å². The van der Waals surface area contributed by atoms with Crippen molar-refractivity contribution in [2.24, 2.45) is 0 Å². The van der Waals surface area contributed by atoms with Crippen LogP contribution in [0.25, 0.3) is 10.1 Å². The molecule has 0 radical (unpaired) electrons. The summed E-state index contributed by atoms with van der Waals surface area (Å²) in [6.45, 7) is 0. The summed E-state index contributed by atoms with van der Waals surface area (Å²) in [6, 6.07) is 4.25. The summed E-state index contributed by atoms with van der Waals surface area (Å²) < 4.78 is 13.6. The Labute approximate surface area is 77.8 Å². The summed E-state index contributed by atoms with van der Waals surface area (Å²) in [6.07, 6.45) is 0.640. The number of anilines is 1. The van der Waals surface area contributed by atoms with Crippen LogP contribution in [0.4, 0.5) is 9.39 Å². The highest BCUT2D eigenvalue weighted by molar-refractivity contribution is 7.23. The number of nitrogens with two attached hydrogens (primary N) is 1. The van der Waals surface area contributed by atoms with Gasteiger partial charge in [0.05, 0.1) is 5.00 Å². The van der Waals surface area contributed by atoms with Crippen molar-refractivity contribution in [1.82, 2.24) is 0 Å². The van der Waals surface area contributed by atoms with Crippen LogP contribution in [0, 0.1) is 5.82 Å². The lowest BCUT2D eigenvalue weighted by atomic mass is 10.2. The van der Waals surface area contributed by atoms with Crippen molar-refractivity contribution in [3.63, 3.8) is 0 Å². The third-order valence-corrected chi connectivity index (χ3v) is 2.78. The number of benzene rings is 1. The van der Waals surface area contributed by atoms with E-state index in [2.05, 4.69) is 0 Å². The molecule has 0 unspecified atom stereocenters. The van der Waals surface area contributed by atoms with E-state index in [0.29, 0.717) is 22.2 Å². The molecule has 0 spiro atoms. The molecule has 0 aliphatic carbocycles. The minimum absolute atomic E-state index is 0.358. The first-order valence-electron chi connectivity index (χ1n) is 3.64. The third kappa shape index (κ3) is 1.29. The average molecular weight is 195 g/mol. The summed E-state index contributed by atoms with van der Waals surface area (Å²) in [5, 5.41) is 1.27. The highest BCUT2D eigenvalue weighted by Gasteiger charge is 2.06. The number of thiophene rings is 1. The van der Waals surface area contributed by atoms with Crippen molar-refractivity contribution >= 4 is 32.7 Å². The first-order chi connectivity index (χ1) is 6.20. The zero-order chi connectivity index (χ0) is 9.42. The molecule has 13 heavy (non-hydrogen) atoms. The van der Waals surface area contributed by atoms with Crippen LogP contribution in [0.15, 0.2) is 18.2 Å². The molecule has 2 nitrogen and oxygen atoms in total. The van der Waals surface area contributed by atoms with Crippen molar-refractivity contribution in [2.45, 2.75) is 0 Å². The first kappa shape index (κ1) is 8.19. The van der Waals surface area contributed by atoms with Crippen molar-refractivity contribution < 1.29 is 9.18 Å². The SMILES string of the molecule is Nc1cc2cc(F)cc(C=O)c2s1. The zero-order valence-electron chi connectivity index (χ0n) is 6.58. The van der Waals surface area contributed by atoms with Gasteiger partial charge in [-0.3, -0.25) is 4.79 Å². The standard InChI is InChI=1S/C9H6FNOS/c10-7-1-5-3-8(11)13-9(5)6(2-7)4-12/h1-4H,11H2. The summed E-state index contributed by atoms with van der Waals surface area (Å²) in [5.74, 6) is -0.410. The molecule has 0 bridgehead atoms. The number of rotatable bonds is 1. The normalized spacial score (nSPS) is 10.5. The zero-order valence-corrected chi connectivity index (χ0v) is 7.40. The molecule has 1 heterocycles. The Hall–Kier alpha value is -1.42. The van der Waals surface area contributed by atoms with Crippen LogP contribution in [0.2, 0.25) is 0 Å². The van der Waals surface area contributed by atoms with Gasteiger partial charge in [-0.25, -0.2) is 4.39 Å². The minimum atomic E-state index is -0.410. The van der Waals surface area contributed by atoms with Crippen LogP contribution in [-0.4, -0.2) is 6.29 Å². The summed E-state index contributed by atoms with van der Waals surface area (Å²) in [7, 11) is 0. The van der Waals surface area contributed by atoms with Crippen LogP contribution in [0.3, 0.4) is 0 Å². The van der Waals surface area contributed by atoms with Crippen LogP contribution >= 0.6 is 11.3 Å². The van der Waals surface area contributed by atoms with Crippen molar-refractivity contribution in [3.05, 3.63) is 29.6 Å². The number of hydrogen-bond acceptors (Lipinski definition) is 3. The summed E-state index contributed by atoms with van der Waals surface area (Å²) in [5.41, 5.74) is 5.90. The largest absolute Gasteiger partial charge is 0.391 e. The molecule has 2 rings (SSSR count). The van der Waals surface area contributed by atoms with E-state index in [1.54, 1.807) is 6.07 Å². The maximum atomic E-state index is 12.9. The van der Waals surface area contributed by atoms with E-state index in [9.17, 15) is 9.18 Å². The molecule has 2 aromatic rings. The molecule has 4 heteroatoms. The lowest BCUT2D eigenvalue weighted by molar-refractivity contribution is 0.112. The Morgan fingerprint density at radius 2 is 2.15 bits per heavy atom. The molecule has 0 fully saturated rings. The van der Waals surface area contributed by atoms with E-state index in [4.69, 9.17) is 5.73 Å². The third-order valence-electron chi connectivity index (χ3n) is 1.76. The Kier molecular flexibility index (Phi) is 1.77. The van der Waals surface area contributed by atoms with Gasteiger partial charge in [0.25, 0.3) is 0 Å². The van der Waals surface area contributed by atoms with Crippen molar-refractivity contribution in [2.75, 3.05) is 5.73 Å². The van der Waals surface area contributed by atoms with Crippen LogP contribution < -0.4 is 5.73 Å². The summed E-state index contributed by atoms with van der Waals surface area (Å²) >= 11 is 1.29. The Morgan fingerprint density at radius 1 is 1.38 bits per heavy atom. The Morgan fingerprint density at radius 3 is 2.85 bits per heavy atom. The quantitative estimate of drug-likeness (QED) is 0.710. The molecule has 2 N–H and O–H groups in total. The smallest absolute Gasteiger partial charge is 0.151 e. The van der Waals surface area contributed by atoms with Crippen LogP contribution in [0.5, 0.6) is 0 Å². The van der Waals surface area contributed by atoms with Crippen molar-refractivity contribution in [3.8, 4) is 0 Å². The highest BCUT2D eigenvalue weighted by Crippen LogP contribution is 2.30. The second-order valence-electron chi connectivity index (χ2n) is 2.68. The Bertz CT molecular complexity index is 478. The predicted octanol–water partition coefficient (Wildman–Crippen LogP) is 2.44. The van der Waals surface area contributed by atoms with E-state index in [1.807, 2.05) is 0 Å². The lowest BCUT2D eigenvalue weighted by Gasteiger charge is -1.93. The number of fused-ring (bicyclic) bond motifs is 1. The fourth-order valence-electron chi connectivity index (χ4n) is 1.25. The fourth-order valence-corrected chi connectivity index (χ4v) is 2.13. The van der Waals surface area contributed by atoms with Gasteiger partial charge in [0.1, 0.15) is 5.82 Å². The lowest BCUT2D eigenvalue weighted by Crippen LogP contribution is -1.81. The Balaban J connectivity index is 2.88. The van der Waals surface area contributed by atoms with E-state index >= 15 is 0 Å². The summed E-state index contributed by atoms with van der Waals surface area (Å²) in [4.78, 5) is 10.6. The maximum absolute atomic E-state index is 12.9. The number of carbonyl (C=O) groups excluding carboxylic acids is 1. The predicted molar refractivity (Wildman–Crippen MR) is 51.6 cm³/mol. The minimum Gasteiger partial charge on any atom is -0.391 e. The number of nitrogen functional groups attached to an aromatic ring is 1. The molecular weight excluding hydrogens is 189 g/mol. The molecule has 0 amide bonds. The number of hydrogen-bond donors (Lipinski definition) is 1. The van der Waals surface area contributed by atoms with Gasteiger partial charge in [0.2, 0.25) is 0 Å². The topological polar surface area (TPSA) is 43.1 Å². The average Bonchev–Trinajstić information content (AvgIpc) is 2.43. The highest BCUT2D eigenvalue weighted by atomic mass is 32.1. The number of halogens is 1. The van der Waals surface area contributed by atoms with Crippen LogP contribution in [-0.2, 0) is 0 Å². The van der Waals surface area contributed by atoms with E-state index in [1.165, 1.54) is 23.5 Å². The molecule has 0 atom stereocenters. The van der Waals surface area contributed by atoms with Gasteiger partial charge in [-0.15, -0.1) is 11.3 Å². The molecule has 66 valence electrons. The molecule has 0 aliphatic rings. The van der Waals surface area contributed by atoms with E-state index in [-0.39, 0.29) is 0 Å². The maximum Gasteiger partial charge on any atom is 0.151 e.